The zero-order valence-corrected chi connectivity index (χ0v) is 10.2. The smallest absolute Gasteiger partial charge is 0.219 e. The summed E-state index contributed by atoms with van der Waals surface area (Å²) in [6.45, 7) is 0. The molecule has 1 aromatic rings. The highest BCUT2D eigenvalue weighted by Gasteiger charge is 2.39. The van der Waals surface area contributed by atoms with Crippen LogP contribution >= 0.6 is 34.8 Å². The molecule has 0 amide bonds. The van der Waals surface area contributed by atoms with Crippen LogP contribution in [0.2, 0.25) is 0 Å². The number of ketones is 1. The van der Waals surface area contributed by atoms with Gasteiger partial charge in [0.05, 0.1) is 0 Å². The molecule has 0 aliphatic rings. The molecule has 0 radical (unpaired) electrons. The normalized spacial score (nSPS) is 15.6. The maximum absolute atomic E-state index is 11.6. The van der Waals surface area contributed by atoms with Gasteiger partial charge in [0, 0.05) is 5.56 Å². The first-order valence-corrected chi connectivity index (χ1v) is 5.49. The molecule has 88 valence electrons. The first-order chi connectivity index (χ1) is 7.34. The standard InChI is InChI=1S/C10H9Cl3O3/c11-10(12,13)9(16)8(15)7(14)6-4-2-1-3-5-6/h1-5,8-9,15-16H/t8-,9+/m1/s1. The van der Waals surface area contributed by atoms with E-state index >= 15 is 0 Å². The van der Waals surface area contributed by atoms with Gasteiger partial charge in [0.15, 0.2) is 5.78 Å². The molecule has 0 aliphatic heterocycles. The Morgan fingerprint density at radius 1 is 1.12 bits per heavy atom. The van der Waals surface area contributed by atoms with Gasteiger partial charge < -0.3 is 10.2 Å². The van der Waals surface area contributed by atoms with Crippen LogP contribution in [-0.4, -0.2) is 32.0 Å². The van der Waals surface area contributed by atoms with E-state index in [1.807, 2.05) is 0 Å². The largest absolute Gasteiger partial charge is 0.385 e. The Morgan fingerprint density at radius 2 is 1.62 bits per heavy atom. The van der Waals surface area contributed by atoms with Gasteiger partial charge in [-0.25, -0.2) is 0 Å². The second-order valence-electron chi connectivity index (χ2n) is 3.16. The molecule has 2 N–H and O–H groups in total. The van der Waals surface area contributed by atoms with Crippen LogP contribution in [0.4, 0.5) is 0 Å². The van der Waals surface area contributed by atoms with E-state index in [4.69, 9.17) is 34.8 Å². The Kier molecular flexibility index (Phi) is 4.59. The zero-order valence-electron chi connectivity index (χ0n) is 7.98. The number of alkyl halides is 3. The second-order valence-corrected chi connectivity index (χ2v) is 5.53. The van der Waals surface area contributed by atoms with Gasteiger partial charge in [-0.2, -0.15) is 0 Å². The van der Waals surface area contributed by atoms with Crippen molar-refractivity contribution in [2.24, 2.45) is 0 Å². The van der Waals surface area contributed by atoms with Crippen LogP contribution in [0.3, 0.4) is 0 Å². The number of carbonyl (C=O) groups is 1. The quantitative estimate of drug-likeness (QED) is 0.658. The number of aliphatic hydroxyl groups is 2. The number of hydrogen-bond acceptors (Lipinski definition) is 3. The van der Waals surface area contributed by atoms with E-state index in [1.165, 1.54) is 12.1 Å². The Labute approximate surface area is 108 Å². The fraction of sp³-hybridized carbons (Fsp3) is 0.300. The number of halogens is 3. The van der Waals surface area contributed by atoms with Crippen LogP contribution in [0.5, 0.6) is 0 Å². The van der Waals surface area contributed by atoms with Gasteiger partial charge in [-0.05, 0) is 0 Å². The summed E-state index contributed by atoms with van der Waals surface area (Å²) in [5.41, 5.74) is 0.239. The third-order valence-corrected chi connectivity index (χ3v) is 2.63. The molecule has 0 saturated carbocycles. The topological polar surface area (TPSA) is 57.5 Å². The van der Waals surface area contributed by atoms with Crippen LogP contribution in [0.1, 0.15) is 10.4 Å². The van der Waals surface area contributed by atoms with Gasteiger partial charge in [-0.3, -0.25) is 4.79 Å². The Morgan fingerprint density at radius 3 is 2.06 bits per heavy atom. The maximum atomic E-state index is 11.6. The summed E-state index contributed by atoms with van der Waals surface area (Å²) in [6.07, 6.45) is -3.54. The summed E-state index contributed by atoms with van der Waals surface area (Å²) in [5, 5.41) is 18.9. The van der Waals surface area contributed by atoms with Gasteiger partial charge in [-0.15, -0.1) is 0 Å². The molecule has 0 unspecified atom stereocenters. The molecule has 0 fully saturated rings. The average molecular weight is 284 g/mol. The number of hydrogen-bond donors (Lipinski definition) is 2. The van der Waals surface area contributed by atoms with Crippen molar-refractivity contribution in [1.29, 1.82) is 0 Å². The Balaban J connectivity index is 2.84. The van der Waals surface area contributed by atoms with Crippen LogP contribution in [0.15, 0.2) is 30.3 Å². The average Bonchev–Trinajstić information content (AvgIpc) is 2.26. The Bertz CT molecular complexity index is 361. The van der Waals surface area contributed by atoms with Gasteiger partial charge in [0.1, 0.15) is 12.2 Å². The number of Topliss-reactive ketones (excluding diaryl/α,β-unsaturated/α-hetero) is 1. The van der Waals surface area contributed by atoms with E-state index in [0.29, 0.717) is 0 Å². The molecule has 0 aromatic heterocycles. The van der Waals surface area contributed by atoms with Crippen molar-refractivity contribution < 1.29 is 15.0 Å². The highest BCUT2D eigenvalue weighted by Crippen LogP contribution is 2.32. The lowest BCUT2D eigenvalue weighted by atomic mass is 10.0. The molecule has 0 bridgehead atoms. The van der Waals surface area contributed by atoms with Crippen molar-refractivity contribution in [3.63, 3.8) is 0 Å². The molecule has 0 saturated heterocycles. The van der Waals surface area contributed by atoms with Gasteiger partial charge in [0.2, 0.25) is 3.79 Å². The summed E-state index contributed by atoms with van der Waals surface area (Å²) in [6, 6.07) is 7.96. The predicted octanol–water partition coefficient (Wildman–Crippen LogP) is 1.96. The molecule has 1 aromatic carbocycles. The number of benzene rings is 1. The van der Waals surface area contributed by atoms with Crippen molar-refractivity contribution in [3.8, 4) is 0 Å². The monoisotopic (exact) mass is 282 g/mol. The van der Waals surface area contributed by atoms with E-state index < -0.39 is 21.8 Å². The molecule has 0 spiro atoms. The fourth-order valence-electron chi connectivity index (χ4n) is 1.10. The minimum Gasteiger partial charge on any atom is -0.385 e. The van der Waals surface area contributed by atoms with E-state index in [2.05, 4.69) is 0 Å². The van der Waals surface area contributed by atoms with Crippen molar-refractivity contribution in [1.82, 2.24) is 0 Å². The third-order valence-electron chi connectivity index (χ3n) is 1.96. The van der Waals surface area contributed by atoms with Crippen molar-refractivity contribution >= 4 is 40.6 Å². The third kappa shape index (κ3) is 3.34. The molecule has 16 heavy (non-hydrogen) atoms. The van der Waals surface area contributed by atoms with E-state index in [1.54, 1.807) is 18.2 Å². The lowest BCUT2D eigenvalue weighted by Crippen LogP contribution is -2.42. The van der Waals surface area contributed by atoms with E-state index in [0.717, 1.165) is 0 Å². The minimum atomic E-state index is -2.11. The van der Waals surface area contributed by atoms with Crippen molar-refractivity contribution in [2.45, 2.75) is 16.0 Å². The maximum Gasteiger partial charge on any atom is 0.219 e. The summed E-state index contributed by atoms with van der Waals surface area (Å²) in [5.74, 6) is -0.695. The molecule has 0 heterocycles. The molecule has 2 atom stereocenters. The summed E-state index contributed by atoms with van der Waals surface area (Å²) >= 11 is 16.1. The highest BCUT2D eigenvalue weighted by atomic mass is 35.6. The van der Waals surface area contributed by atoms with Crippen LogP contribution in [0.25, 0.3) is 0 Å². The van der Waals surface area contributed by atoms with E-state index in [9.17, 15) is 15.0 Å². The molecule has 3 nitrogen and oxygen atoms in total. The molecule has 6 heteroatoms. The first-order valence-electron chi connectivity index (χ1n) is 4.36. The number of carbonyl (C=O) groups excluding carboxylic acids is 1. The SMILES string of the molecule is O=C(c1ccccc1)[C@@H](O)[C@H](O)C(Cl)(Cl)Cl. The number of rotatable bonds is 3. The first kappa shape index (κ1) is 13.7. The van der Waals surface area contributed by atoms with Gasteiger partial charge in [-0.1, -0.05) is 65.1 Å². The van der Waals surface area contributed by atoms with Crippen LogP contribution in [0, 0.1) is 0 Å². The Hall–Kier alpha value is -0.320. The van der Waals surface area contributed by atoms with Crippen molar-refractivity contribution in [3.05, 3.63) is 35.9 Å². The molecule has 0 aliphatic carbocycles. The summed E-state index contributed by atoms with van der Waals surface area (Å²) in [7, 11) is 0. The number of aliphatic hydroxyl groups excluding tert-OH is 2. The molecular formula is C10H9Cl3O3. The van der Waals surface area contributed by atoms with E-state index in [-0.39, 0.29) is 5.56 Å². The van der Waals surface area contributed by atoms with Crippen LogP contribution < -0.4 is 0 Å². The zero-order chi connectivity index (χ0) is 12.3. The lowest BCUT2D eigenvalue weighted by molar-refractivity contribution is 0.0229. The predicted molar refractivity (Wildman–Crippen MR) is 63.1 cm³/mol. The van der Waals surface area contributed by atoms with Gasteiger partial charge in [0.25, 0.3) is 0 Å². The molecular weight excluding hydrogens is 274 g/mol. The summed E-state index contributed by atoms with van der Waals surface area (Å²) in [4.78, 5) is 11.6. The fourth-order valence-corrected chi connectivity index (χ4v) is 1.45. The summed E-state index contributed by atoms with van der Waals surface area (Å²) < 4.78 is -2.11. The highest BCUT2D eigenvalue weighted by molar-refractivity contribution is 6.68. The minimum absolute atomic E-state index is 0.239. The van der Waals surface area contributed by atoms with Gasteiger partial charge >= 0.3 is 0 Å². The van der Waals surface area contributed by atoms with Crippen LogP contribution in [-0.2, 0) is 0 Å². The second kappa shape index (κ2) is 5.34. The van der Waals surface area contributed by atoms with Crippen molar-refractivity contribution in [2.75, 3.05) is 0 Å². The lowest BCUT2D eigenvalue weighted by Gasteiger charge is -2.23. The molecule has 1 rings (SSSR count).